The summed E-state index contributed by atoms with van der Waals surface area (Å²) in [4.78, 5) is 28.8. The first-order valence-electron chi connectivity index (χ1n) is 9.67. The highest BCUT2D eigenvalue weighted by Gasteiger charge is 2.29. The number of hydrogen-bond donors (Lipinski definition) is 0. The molecule has 0 bridgehead atoms. The van der Waals surface area contributed by atoms with Crippen LogP contribution in [0.2, 0.25) is 0 Å². The van der Waals surface area contributed by atoms with Gasteiger partial charge in [-0.15, -0.1) is 0 Å². The molecule has 0 N–H and O–H groups in total. The van der Waals surface area contributed by atoms with Crippen molar-refractivity contribution >= 4 is 22.8 Å². The maximum Gasteiger partial charge on any atom is 0.387 e. The number of carbonyl (C=O) groups is 2. The molecule has 0 unspecified atom stereocenters. The molecule has 1 aliphatic heterocycles. The molecule has 3 aromatic rings. The molecule has 0 spiro atoms. The third-order valence-corrected chi connectivity index (χ3v) is 5.13. The number of amides is 2. The van der Waals surface area contributed by atoms with Crippen molar-refractivity contribution < 1.29 is 32.3 Å². The predicted octanol–water partition coefficient (Wildman–Crippen LogP) is 3.64. The summed E-state index contributed by atoms with van der Waals surface area (Å²) in [5, 5.41) is 0.757. The van der Waals surface area contributed by atoms with Crippen molar-refractivity contribution in [2.45, 2.75) is 6.61 Å². The van der Waals surface area contributed by atoms with Gasteiger partial charge in [0.2, 0.25) is 0 Å². The van der Waals surface area contributed by atoms with E-state index in [2.05, 4.69) is 4.74 Å². The van der Waals surface area contributed by atoms with Crippen LogP contribution in [0.15, 0.2) is 52.9 Å². The Morgan fingerprint density at radius 2 is 1.58 bits per heavy atom. The van der Waals surface area contributed by atoms with Crippen molar-refractivity contribution in [1.82, 2.24) is 9.80 Å². The number of methoxy groups -OCH3 is 1. The normalized spacial score (nSPS) is 14.2. The van der Waals surface area contributed by atoms with Gasteiger partial charge in [0.25, 0.3) is 11.8 Å². The van der Waals surface area contributed by atoms with Crippen molar-refractivity contribution in [1.29, 1.82) is 0 Å². The zero-order chi connectivity index (χ0) is 22.0. The largest absolute Gasteiger partial charge is 0.493 e. The van der Waals surface area contributed by atoms with Gasteiger partial charge in [-0.3, -0.25) is 9.59 Å². The van der Waals surface area contributed by atoms with Gasteiger partial charge >= 0.3 is 6.61 Å². The van der Waals surface area contributed by atoms with E-state index >= 15 is 0 Å². The molecular formula is C22H20F2N2O5. The molecule has 2 heterocycles. The van der Waals surface area contributed by atoms with E-state index in [1.54, 1.807) is 23.1 Å². The van der Waals surface area contributed by atoms with Gasteiger partial charge in [-0.1, -0.05) is 24.3 Å². The second kappa shape index (κ2) is 8.63. The highest BCUT2D eigenvalue weighted by atomic mass is 19.3. The van der Waals surface area contributed by atoms with E-state index in [-0.39, 0.29) is 49.2 Å². The summed E-state index contributed by atoms with van der Waals surface area (Å²) in [5.41, 5.74) is 0.560. The monoisotopic (exact) mass is 430 g/mol. The lowest BCUT2D eigenvalue weighted by Gasteiger charge is -2.34. The Morgan fingerprint density at radius 1 is 0.935 bits per heavy atom. The fourth-order valence-electron chi connectivity index (χ4n) is 3.58. The van der Waals surface area contributed by atoms with E-state index in [4.69, 9.17) is 9.15 Å². The number of ether oxygens (including phenoxy) is 2. The number of hydrogen-bond acceptors (Lipinski definition) is 5. The molecule has 9 heteroatoms. The van der Waals surface area contributed by atoms with Gasteiger partial charge in [-0.05, 0) is 24.3 Å². The number of nitrogens with zero attached hydrogens (tertiary/aromatic N) is 2. The summed E-state index contributed by atoms with van der Waals surface area (Å²) in [5.74, 6) is -0.146. The summed E-state index contributed by atoms with van der Waals surface area (Å²) >= 11 is 0. The Kier molecular flexibility index (Phi) is 5.75. The molecule has 162 valence electrons. The van der Waals surface area contributed by atoms with Gasteiger partial charge in [-0.25, -0.2) is 0 Å². The van der Waals surface area contributed by atoms with Gasteiger partial charge < -0.3 is 23.7 Å². The van der Waals surface area contributed by atoms with Crippen LogP contribution < -0.4 is 9.47 Å². The van der Waals surface area contributed by atoms with Gasteiger partial charge in [0.05, 0.1) is 12.7 Å². The minimum absolute atomic E-state index is 0.0620. The van der Waals surface area contributed by atoms with Crippen LogP contribution in [0.1, 0.15) is 20.9 Å². The molecule has 0 saturated carbocycles. The topological polar surface area (TPSA) is 72.2 Å². The lowest BCUT2D eigenvalue weighted by atomic mass is 10.1. The summed E-state index contributed by atoms with van der Waals surface area (Å²) in [6.07, 6.45) is 0. The Hall–Kier alpha value is -3.62. The Morgan fingerprint density at radius 3 is 2.26 bits per heavy atom. The van der Waals surface area contributed by atoms with E-state index in [9.17, 15) is 18.4 Å². The van der Waals surface area contributed by atoms with Crippen LogP contribution in [-0.4, -0.2) is 61.5 Å². The predicted molar refractivity (Wildman–Crippen MR) is 108 cm³/mol. The minimum atomic E-state index is -3.02. The number of carbonyl (C=O) groups excluding carboxylic acids is 2. The summed E-state index contributed by atoms with van der Waals surface area (Å²) < 4.78 is 40.7. The molecule has 7 nitrogen and oxygen atoms in total. The average Bonchev–Trinajstić information content (AvgIpc) is 3.23. The molecule has 2 amide bonds. The summed E-state index contributed by atoms with van der Waals surface area (Å²) in [6, 6.07) is 12.9. The van der Waals surface area contributed by atoms with E-state index in [0.717, 1.165) is 5.39 Å². The number of alkyl halides is 2. The van der Waals surface area contributed by atoms with Crippen molar-refractivity contribution in [3.8, 4) is 11.5 Å². The molecule has 1 fully saturated rings. The third-order valence-electron chi connectivity index (χ3n) is 5.13. The van der Waals surface area contributed by atoms with Crippen LogP contribution >= 0.6 is 0 Å². The third kappa shape index (κ3) is 4.16. The van der Waals surface area contributed by atoms with Crippen LogP contribution in [0.25, 0.3) is 11.0 Å². The number of furan rings is 1. The standard InChI is InChI=1S/C22H20F2N2O5/c1-29-17-8-4-5-14-13-18(30-19(14)17)21(28)26-11-9-25(10-12-26)20(27)15-6-2-3-7-16(15)31-22(23)24/h2-8,13,22H,9-12H2,1H3. The molecule has 2 aromatic carbocycles. The smallest absolute Gasteiger partial charge is 0.387 e. The number of rotatable bonds is 5. The fourth-order valence-corrected chi connectivity index (χ4v) is 3.58. The van der Waals surface area contributed by atoms with E-state index in [0.29, 0.717) is 11.3 Å². The van der Waals surface area contributed by atoms with Gasteiger partial charge in [-0.2, -0.15) is 8.78 Å². The number of benzene rings is 2. The van der Waals surface area contributed by atoms with Crippen molar-refractivity contribution in [2.24, 2.45) is 0 Å². The fraction of sp³-hybridized carbons (Fsp3) is 0.273. The number of piperazine rings is 1. The van der Waals surface area contributed by atoms with E-state index in [1.165, 1.54) is 30.2 Å². The molecule has 0 radical (unpaired) electrons. The maximum absolute atomic E-state index is 12.9. The van der Waals surface area contributed by atoms with Crippen LogP contribution in [0.4, 0.5) is 8.78 Å². The van der Waals surface area contributed by atoms with Crippen molar-refractivity contribution in [3.63, 3.8) is 0 Å². The van der Waals surface area contributed by atoms with Crippen LogP contribution in [0.5, 0.6) is 11.5 Å². The van der Waals surface area contributed by atoms with E-state index < -0.39 is 12.5 Å². The van der Waals surface area contributed by atoms with Gasteiger partial charge in [0.1, 0.15) is 5.75 Å². The lowest BCUT2D eigenvalue weighted by molar-refractivity contribution is -0.0503. The molecule has 31 heavy (non-hydrogen) atoms. The zero-order valence-corrected chi connectivity index (χ0v) is 16.7. The first-order chi connectivity index (χ1) is 15.0. The molecule has 0 atom stereocenters. The number of para-hydroxylation sites is 2. The molecule has 1 aliphatic rings. The molecule has 1 aromatic heterocycles. The van der Waals surface area contributed by atoms with Crippen LogP contribution in [0.3, 0.4) is 0 Å². The van der Waals surface area contributed by atoms with Gasteiger partial charge in [0.15, 0.2) is 17.1 Å². The second-order valence-corrected chi connectivity index (χ2v) is 6.95. The zero-order valence-electron chi connectivity index (χ0n) is 16.7. The summed E-state index contributed by atoms with van der Waals surface area (Å²) in [7, 11) is 1.53. The molecule has 1 saturated heterocycles. The molecular weight excluding hydrogens is 410 g/mol. The Bertz CT molecular complexity index is 1110. The Balaban J connectivity index is 1.44. The molecule has 0 aliphatic carbocycles. The minimum Gasteiger partial charge on any atom is -0.493 e. The second-order valence-electron chi connectivity index (χ2n) is 6.95. The number of halogens is 2. The van der Waals surface area contributed by atoms with E-state index in [1.807, 2.05) is 12.1 Å². The first-order valence-corrected chi connectivity index (χ1v) is 9.67. The molecule has 4 rings (SSSR count). The van der Waals surface area contributed by atoms with Crippen LogP contribution in [-0.2, 0) is 0 Å². The van der Waals surface area contributed by atoms with Crippen LogP contribution in [0, 0.1) is 0 Å². The maximum atomic E-state index is 12.9. The first kappa shape index (κ1) is 20.6. The highest BCUT2D eigenvalue weighted by molar-refractivity contribution is 5.98. The highest BCUT2D eigenvalue weighted by Crippen LogP contribution is 2.29. The lowest BCUT2D eigenvalue weighted by Crippen LogP contribution is -2.50. The summed E-state index contributed by atoms with van der Waals surface area (Å²) in [6.45, 7) is -1.92. The Labute approximate surface area is 176 Å². The SMILES string of the molecule is COc1cccc2cc(C(=O)N3CCN(C(=O)c4ccccc4OC(F)F)CC3)oc12. The quantitative estimate of drug-likeness (QED) is 0.618. The van der Waals surface area contributed by atoms with Crippen molar-refractivity contribution in [3.05, 3.63) is 59.9 Å². The average molecular weight is 430 g/mol. The van der Waals surface area contributed by atoms with Crippen molar-refractivity contribution in [2.75, 3.05) is 33.3 Å². The number of fused-ring (bicyclic) bond motifs is 1. The van der Waals surface area contributed by atoms with Gasteiger partial charge in [0, 0.05) is 31.6 Å².